The summed E-state index contributed by atoms with van der Waals surface area (Å²) >= 11 is 0. The molecule has 6 nitrogen and oxygen atoms in total. The molecule has 1 aromatic heterocycles. The van der Waals surface area contributed by atoms with Crippen LogP contribution in [-0.2, 0) is 13.1 Å². The molecule has 0 bridgehead atoms. The molecule has 0 unspecified atom stereocenters. The van der Waals surface area contributed by atoms with E-state index >= 15 is 0 Å². The van der Waals surface area contributed by atoms with Gasteiger partial charge in [0, 0.05) is 19.6 Å². The van der Waals surface area contributed by atoms with E-state index in [2.05, 4.69) is 46.6 Å². The number of nitrogens with one attached hydrogen (secondary N) is 2. The molecule has 0 aromatic carbocycles. The number of aliphatic imine (C=N–C) groups is 1. The maximum atomic E-state index is 4.63. The Balaban J connectivity index is 0.00000242. The number of hydrogen-bond donors (Lipinski definition) is 2. The van der Waals surface area contributed by atoms with E-state index < -0.39 is 0 Å². The van der Waals surface area contributed by atoms with Crippen LogP contribution in [0.15, 0.2) is 11.3 Å². The molecule has 1 aliphatic carbocycles. The molecule has 0 atom stereocenters. The van der Waals surface area contributed by atoms with Crippen molar-refractivity contribution < 1.29 is 0 Å². The number of aryl methyl sites for hydroxylation is 1. The number of hydrogen-bond acceptors (Lipinski definition) is 3. The molecular weight excluding hydrogens is 391 g/mol. The third-order valence-corrected chi connectivity index (χ3v) is 4.55. The van der Waals surface area contributed by atoms with Gasteiger partial charge in [-0.2, -0.15) is 0 Å². The maximum absolute atomic E-state index is 4.63. The Morgan fingerprint density at radius 3 is 2.64 bits per heavy atom. The second-order valence-electron chi connectivity index (χ2n) is 5.79. The quantitative estimate of drug-likeness (QED) is 0.404. The van der Waals surface area contributed by atoms with Crippen molar-refractivity contribution in [1.82, 2.24) is 25.4 Å². The lowest BCUT2D eigenvalue weighted by molar-refractivity contribution is 0.131. The van der Waals surface area contributed by atoms with Crippen molar-refractivity contribution >= 4 is 29.9 Å². The van der Waals surface area contributed by atoms with Crippen LogP contribution in [0, 0.1) is 5.41 Å². The summed E-state index contributed by atoms with van der Waals surface area (Å²) in [4.78, 5) is 4.63. The Morgan fingerprint density at radius 2 is 2.09 bits per heavy atom. The highest BCUT2D eigenvalue weighted by Crippen LogP contribution is 2.42. The number of aromatic nitrogens is 3. The van der Waals surface area contributed by atoms with Gasteiger partial charge in [0.1, 0.15) is 12.9 Å². The normalized spacial score (nSPS) is 16.6. The Morgan fingerprint density at radius 1 is 1.32 bits per heavy atom. The average Bonchev–Trinajstić information content (AvgIpc) is 2.91. The largest absolute Gasteiger partial charge is 0.357 e. The molecule has 1 aromatic rings. The second kappa shape index (κ2) is 9.32. The minimum Gasteiger partial charge on any atom is -0.357 e. The Bertz CT molecular complexity index is 461. The fourth-order valence-electron chi connectivity index (χ4n) is 2.76. The van der Waals surface area contributed by atoms with Gasteiger partial charge in [0.2, 0.25) is 0 Å². The zero-order valence-electron chi connectivity index (χ0n) is 13.9. The van der Waals surface area contributed by atoms with E-state index in [1.165, 1.54) is 25.7 Å². The van der Waals surface area contributed by atoms with Gasteiger partial charge < -0.3 is 15.2 Å². The molecule has 126 valence electrons. The van der Waals surface area contributed by atoms with E-state index in [9.17, 15) is 0 Å². The van der Waals surface area contributed by atoms with E-state index in [0.29, 0.717) is 12.0 Å². The van der Waals surface area contributed by atoms with Gasteiger partial charge in [-0.3, -0.25) is 0 Å². The van der Waals surface area contributed by atoms with Crippen molar-refractivity contribution in [1.29, 1.82) is 0 Å². The van der Waals surface area contributed by atoms with Crippen LogP contribution in [-0.4, -0.2) is 33.8 Å². The van der Waals surface area contributed by atoms with Crippen molar-refractivity contribution in [2.75, 3.05) is 13.1 Å². The highest BCUT2D eigenvalue weighted by atomic mass is 127. The summed E-state index contributed by atoms with van der Waals surface area (Å²) in [6.07, 6.45) is 7.03. The first-order valence-electron chi connectivity index (χ1n) is 8.12. The monoisotopic (exact) mass is 420 g/mol. The molecule has 2 N–H and O–H groups in total. The first-order valence-corrected chi connectivity index (χ1v) is 8.12. The van der Waals surface area contributed by atoms with E-state index in [4.69, 9.17) is 0 Å². The Hall–Kier alpha value is -0.860. The van der Waals surface area contributed by atoms with Gasteiger partial charge in [-0.05, 0) is 38.5 Å². The lowest BCUT2D eigenvalue weighted by atomic mass is 9.67. The highest BCUT2D eigenvalue weighted by molar-refractivity contribution is 14.0. The summed E-state index contributed by atoms with van der Waals surface area (Å²) in [7, 11) is 0. The number of halogens is 1. The molecule has 0 aliphatic heterocycles. The fourth-order valence-corrected chi connectivity index (χ4v) is 2.76. The first-order chi connectivity index (χ1) is 10.2. The number of rotatable bonds is 7. The third kappa shape index (κ3) is 4.82. The molecule has 22 heavy (non-hydrogen) atoms. The zero-order valence-corrected chi connectivity index (χ0v) is 16.3. The summed E-state index contributed by atoms with van der Waals surface area (Å²) in [6.45, 7) is 9.77. The maximum Gasteiger partial charge on any atom is 0.191 e. The van der Waals surface area contributed by atoms with Crippen molar-refractivity contribution in [2.45, 2.75) is 59.5 Å². The van der Waals surface area contributed by atoms with E-state index in [0.717, 1.165) is 31.4 Å². The van der Waals surface area contributed by atoms with Crippen LogP contribution in [0.2, 0.25) is 0 Å². The van der Waals surface area contributed by atoms with Crippen LogP contribution in [0.25, 0.3) is 0 Å². The SMILES string of the molecule is CCNC(=NCc1nncn1CC)NCC1(CC)CCC1.I. The summed E-state index contributed by atoms with van der Waals surface area (Å²) in [5.41, 5.74) is 0.486. The minimum atomic E-state index is 0. The average molecular weight is 420 g/mol. The van der Waals surface area contributed by atoms with Crippen LogP contribution in [0.3, 0.4) is 0 Å². The van der Waals surface area contributed by atoms with Gasteiger partial charge in [-0.15, -0.1) is 34.2 Å². The van der Waals surface area contributed by atoms with Gasteiger partial charge in [-0.1, -0.05) is 13.3 Å². The molecule has 0 saturated heterocycles. The van der Waals surface area contributed by atoms with Crippen molar-refractivity contribution in [3.05, 3.63) is 12.2 Å². The summed E-state index contributed by atoms with van der Waals surface area (Å²) < 4.78 is 2.02. The molecular formula is C15H29IN6. The third-order valence-electron chi connectivity index (χ3n) is 4.55. The van der Waals surface area contributed by atoms with Crippen molar-refractivity contribution in [3.63, 3.8) is 0 Å². The summed E-state index contributed by atoms with van der Waals surface area (Å²) in [6, 6.07) is 0. The molecule has 1 aliphatic rings. The topological polar surface area (TPSA) is 67.1 Å². The molecule has 1 heterocycles. The highest BCUT2D eigenvalue weighted by Gasteiger charge is 2.34. The van der Waals surface area contributed by atoms with Crippen molar-refractivity contribution in [2.24, 2.45) is 10.4 Å². The number of nitrogens with zero attached hydrogens (tertiary/aromatic N) is 4. The van der Waals surface area contributed by atoms with E-state index in [1.54, 1.807) is 6.33 Å². The summed E-state index contributed by atoms with van der Waals surface area (Å²) in [5.74, 6) is 1.78. The van der Waals surface area contributed by atoms with Gasteiger partial charge in [0.15, 0.2) is 11.8 Å². The Labute approximate surface area is 150 Å². The minimum absolute atomic E-state index is 0. The second-order valence-corrected chi connectivity index (χ2v) is 5.79. The molecule has 1 fully saturated rings. The molecule has 0 spiro atoms. The molecule has 0 amide bonds. The lowest BCUT2D eigenvalue weighted by Crippen LogP contribution is -2.46. The first kappa shape index (κ1) is 19.2. The lowest BCUT2D eigenvalue weighted by Gasteiger charge is -2.41. The van der Waals surface area contributed by atoms with Gasteiger partial charge >= 0.3 is 0 Å². The standard InChI is InChI=1S/C15H28N6.HI/c1-4-15(8-7-9-15)11-18-14(16-5-2)17-10-13-20-19-12-21(13)6-3;/h12H,4-11H2,1-3H3,(H2,16,17,18);1H. The molecule has 7 heteroatoms. The number of guanidine groups is 1. The molecule has 1 saturated carbocycles. The smallest absolute Gasteiger partial charge is 0.191 e. The predicted octanol–water partition coefficient (Wildman–Crippen LogP) is 2.55. The fraction of sp³-hybridized carbons (Fsp3) is 0.800. The molecule has 0 radical (unpaired) electrons. The Kier molecular flexibility index (Phi) is 8.13. The van der Waals surface area contributed by atoms with Crippen LogP contribution in [0.5, 0.6) is 0 Å². The van der Waals surface area contributed by atoms with Crippen molar-refractivity contribution in [3.8, 4) is 0 Å². The summed E-state index contributed by atoms with van der Waals surface area (Å²) in [5, 5.41) is 14.9. The van der Waals surface area contributed by atoms with Gasteiger partial charge in [0.25, 0.3) is 0 Å². The van der Waals surface area contributed by atoms with Crippen LogP contribution in [0.1, 0.15) is 52.3 Å². The van der Waals surface area contributed by atoms with Gasteiger partial charge in [0.05, 0.1) is 0 Å². The molecule has 2 rings (SSSR count). The van der Waals surface area contributed by atoms with Crippen LogP contribution < -0.4 is 10.6 Å². The van der Waals surface area contributed by atoms with Crippen LogP contribution >= 0.6 is 24.0 Å². The van der Waals surface area contributed by atoms with Crippen LogP contribution in [0.4, 0.5) is 0 Å². The predicted molar refractivity (Wildman–Crippen MR) is 101 cm³/mol. The van der Waals surface area contributed by atoms with E-state index in [1.807, 2.05) is 4.57 Å². The zero-order chi connectivity index (χ0) is 15.1. The van der Waals surface area contributed by atoms with E-state index in [-0.39, 0.29) is 24.0 Å². The van der Waals surface area contributed by atoms with Gasteiger partial charge in [-0.25, -0.2) is 4.99 Å².